The zero-order chi connectivity index (χ0) is 25.3. The molecule has 6 aliphatic rings. The third kappa shape index (κ3) is 5.70. The van der Waals surface area contributed by atoms with Crippen LogP contribution in [0.5, 0.6) is 0 Å². The highest BCUT2D eigenvalue weighted by atomic mass is 35.5. The lowest BCUT2D eigenvalue weighted by Gasteiger charge is -2.56. The zero-order valence-electron chi connectivity index (χ0n) is 21.0. The lowest BCUT2D eigenvalue weighted by molar-refractivity contribution is -0.140. The van der Waals surface area contributed by atoms with Gasteiger partial charge in [-0.25, -0.2) is 4.39 Å². The normalized spacial score (nSPS) is 43.3. The monoisotopic (exact) mass is 529 g/mol. The zero-order valence-corrected chi connectivity index (χ0v) is 21.7. The second-order valence-electron chi connectivity index (χ2n) is 11.8. The fourth-order valence-electron chi connectivity index (χ4n) is 7.07. The molecule has 36 heavy (non-hydrogen) atoms. The number of carbonyl (C=O) groups excluding carboxylic acids is 2. The molecule has 4 N–H and O–H groups in total. The number of rotatable bonds is 7. The predicted molar refractivity (Wildman–Crippen MR) is 132 cm³/mol. The van der Waals surface area contributed by atoms with Crippen LogP contribution >= 0.6 is 11.6 Å². The predicted octanol–water partition coefficient (Wildman–Crippen LogP) is 2.44. The number of ether oxygens (including phenoxy) is 2. The molecule has 10 heteroatoms. The largest absolute Gasteiger partial charge is 0.391 e. The molecule has 6 rings (SSSR count). The van der Waals surface area contributed by atoms with Gasteiger partial charge in [-0.3, -0.25) is 14.9 Å². The van der Waals surface area contributed by atoms with Crippen LogP contribution in [0, 0.1) is 5.92 Å². The fourth-order valence-corrected chi connectivity index (χ4v) is 7.30. The summed E-state index contributed by atoms with van der Waals surface area (Å²) in [7, 11) is 0. The Morgan fingerprint density at radius 1 is 1.08 bits per heavy atom. The van der Waals surface area contributed by atoms with Crippen molar-refractivity contribution < 1.29 is 28.6 Å². The van der Waals surface area contributed by atoms with Gasteiger partial charge in [0.05, 0.1) is 29.7 Å². The summed E-state index contributed by atoms with van der Waals surface area (Å²) in [6.07, 6.45) is 8.14. The Morgan fingerprint density at radius 2 is 1.83 bits per heavy atom. The van der Waals surface area contributed by atoms with Crippen LogP contribution in [0.3, 0.4) is 0 Å². The van der Waals surface area contributed by atoms with Gasteiger partial charge >= 0.3 is 0 Å². The van der Waals surface area contributed by atoms with Crippen molar-refractivity contribution in [3.8, 4) is 0 Å². The molecule has 6 fully saturated rings. The summed E-state index contributed by atoms with van der Waals surface area (Å²) in [5.74, 6) is 0.116. The smallest absolute Gasteiger partial charge is 0.246 e. The number of hydrogen-bond acceptors (Lipinski definition) is 6. The van der Waals surface area contributed by atoms with Gasteiger partial charge in [0, 0.05) is 12.0 Å². The molecule has 5 unspecified atom stereocenters. The van der Waals surface area contributed by atoms with Crippen LogP contribution in [0.25, 0.3) is 0 Å². The first-order valence-electron chi connectivity index (χ1n) is 13.9. The van der Waals surface area contributed by atoms with Gasteiger partial charge < -0.3 is 25.2 Å². The molecule has 8 nitrogen and oxygen atoms in total. The summed E-state index contributed by atoms with van der Waals surface area (Å²) < 4.78 is 25.4. The van der Waals surface area contributed by atoms with Crippen molar-refractivity contribution in [1.82, 2.24) is 16.0 Å². The molecule has 0 spiro atoms. The maximum absolute atomic E-state index is 13.8. The van der Waals surface area contributed by atoms with E-state index >= 15 is 0 Å². The molecule has 1 aliphatic heterocycles. The molecule has 0 aromatic carbocycles. The topological polar surface area (TPSA) is 109 Å². The van der Waals surface area contributed by atoms with E-state index in [1.165, 1.54) is 19.3 Å². The fraction of sp³-hybridized carbons (Fsp3) is 0.923. The van der Waals surface area contributed by atoms with E-state index < -0.39 is 28.7 Å². The SMILES string of the molecule is O=C(COC1CCC(Cl)C(F)C1)NC12CCC(NC(=O)C3COC(C4CCCCC4)N3)(CC1)C[C@@H]2O. The first-order valence-corrected chi connectivity index (χ1v) is 14.3. The highest BCUT2D eigenvalue weighted by Crippen LogP contribution is 2.47. The summed E-state index contributed by atoms with van der Waals surface area (Å²) >= 11 is 5.93. The molecule has 2 amide bonds. The number of nitrogens with one attached hydrogen (secondary N) is 3. The second-order valence-corrected chi connectivity index (χ2v) is 12.4. The van der Waals surface area contributed by atoms with Gasteiger partial charge in [0.15, 0.2) is 0 Å². The van der Waals surface area contributed by atoms with Crippen LogP contribution in [0.2, 0.25) is 0 Å². The molecule has 204 valence electrons. The van der Waals surface area contributed by atoms with E-state index in [2.05, 4.69) is 16.0 Å². The average Bonchev–Trinajstić information content (AvgIpc) is 3.37. The summed E-state index contributed by atoms with van der Waals surface area (Å²) in [5.41, 5.74) is -1.16. The lowest BCUT2D eigenvalue weighted by atomic mass is 9.60. The van der Waals surface area contributed by atoms with Gasteiger partial charge in [0.1, 0.15) is 25.0 Å². The third-order valence-electron chi connectivity index (χ3n) is 9.40. The molecule has 1 saturated heterocycles. The van der Waals surface area contributed by atoms with Gasteiger partial charge in [-0.2, -0.15) is 0 Å². The van der Waals surface area contributed by atoms with E-state index in [-0.39, 0.29) is 43.2 Å². The van der Waals surface area contributed by atoms with Gasteiger partial charge in [-0.15, -0.1) is 11.6 Å². The number of hydrogen-bond donors (Lipinski definition) is 4. The minimum Gasteiger partial charge on any atom is -0.391 e. The van der Waals surface area contributed by atoms with E-state index in [0.29, 0.717) is 57.5 Å². The van der Waals surface area contributed by atoms with Crippen molar-refractivity contribution in [2.75, 3.05) is 13.2 Å². The van der Waals surface area contributed by atoms with Crippen molar-refractivity contribution >= 4 is 23.4 Å². The maximum Gasteiger partial charge on any atom is 0.246 e. The van der Waals surface area contributed by atoms with Gasteiger partial charge in [-0.1, -0.05) is 19.3 Å². The summed E-state index contributed by atoms with van der Waals surface area (Å²) in [5, 5.41) is 20.2. The summed E-state index contributed by atoms with van der Waals surface area (Å²) in [4.78, 5) is 25.8. The molecule has 0 radical (unpaired) electrons. The number of amides is 2. The highest BCUT2D eigenvalue weighted by molar-refractivity contribution is 6.21. The van der Waals surface area contributed by atoms with Crippen molar-refractivity contribution in [3.63, 3.8) is 0 Å². The van der Waals surface area contributed by atoms with E-state index in [0.717, 1.165) is 12.8 Å². The van der Waals surface area contributed by atoms with E-state index in [1.807, 2.05) is 0 Å². The minimum atomic E-state index is -1.11. The Kier molecular flexibility index (Phi) is 8.13. The molecule has 5 aliphatic carbocycles. The summed E-state index contributed by atoms with van der Waals surface area (Å²) in [6, 6.07) is -0.369. The number of fused-ring (bicyclic) bond motifs is 3. The molecule has 0 aromatic heterocycles. The average molecular weight is 530 g/mol. The standard InChI is InChI=1S/C26H41ClFN3O5/c27-18-7-6-17(12-19(18)28)35-15-22(33)30-26-10-8-25(9-11-26,13-21(26)32)31-23(34)20-14-36-24(29-20)16-4-2-1-3-5-16/h16-21,24,29,32H,1-15H2,(H,30,33)(H,31,34)/t17?,18?,19?,20?,21-,24?,25?,26?/m0/s1. The molecular weight excluding hydrogens is 489 g/mol. The van der Waals surface area contributed by atoms with Gasteiger partial charge in [0.25, 0.3) is 0 Å². The Hall–Kier alpha value is -1.00. The van der Waals surface area contributed by atoms with E-state index in [9.17, 15) is 19.1 Å². The van der Waals surface area contributed by atoms with Crippen molar-refractivity contribution in [1.29, 1.82) is 0 Å². The molecule has 2 bridgehead atoms. The Morgan fingerprint density at radius 3 is 2.53 bits per heavy atom. The number of carbonyl (C=O) groups is 2. The summed E-state index contributed by atoms with van der Waals surface area (Å²) in [6.45, 7) is 0.220. The molecule has 6 atom stereocenters. The van der Waals surface area contributed by atoms with Gasteiger partial charge in [0.2, 0.25) is 11.8 Å². The Labute approximate surface area is 217 Å². The number of aliphatic hydroxyl groups excluding tert-OH is 1. The van der Waals surface area contributed by atoms with Crippen LogP contribution in [-0.4, -0.2) is 77.2 Å². The second kappa shape index (κ2) is 11.0. The van der Waals surface area contributed by atoms with Crippen molar-refractivity contribution in [3.05, 3.63) is 0 Å². The quantitative estimate of drug-likeness (QED) is 0.377. The minimum absolute atomic E-state index is 0.0484. The van der Waals surface area contributed by atoms with Crippen molar-refractivity contribution in [2.24, 2.45) is 5.92 Å². The van der Waals surface area contributed by atoms with Crippen LogP contribution in [0.1, 0.15) is 83.5 Å². The van der Waals surface area contributed by atoms with Crippen LogP contribution in [0.15, 0.2) is 0 Å². The Bertz CT molecular complexity index is 804. The van der Waals surface area contributed by atoms with Gasteiger partial charge in [-0.05, 0) is 63.7 Å². The lowest BCUT2D eigenvalue weighted by Crippen LogP contribution is -2.71. The van der Waals surface area contributed by atoms with Crippen LogP contribution in [-0.2, 0) is 19.1 Å². The molecule has 1 heterocycles. The first kappa shape index (κ1) is 26.6. The highest BCUT2D eigenvalue weighted by Gasteiger charge is 2.55. The number of alkyl halides is 2. The molecule has 0 aromatic rings. The Balaban J connectivity index is 1.08. The molecule has 5 saturated carbocycles. The third-order valence-corrected chi connectivity index (χ3v) is 9.89. The molecular formula is C26H41ClFN3O5. The number of aliphatic hydroxyl groups is 1. The van der Waals surface area contributed by atoms with Crippen LogP contribution in [0.4, 0.5) is 4.39 Å². The van der Waals surface area contributed by atoms with Crippen molar-refractivity contribution in [2.45, 2.75) is 131 Å². The van der Waals surface area contributed by atoms with E-state index in [1.54, 1.807) is 0 Å². The first-order chi connectivity index (χ1) is 17.3. The van der Waals surface area contributed by atoms with E-state index in [4.69, 9.17) is 21.1 Å². The maximum atomic E-state index is 13.8. The number of halogens is 2. The van der Waals surface area contributed by atoms with Crippen LogP contribution < -0.4 is 16.0 Å².